The molecule has 0 aromatic rings. The molecule has 0 heteroatoms. The van der Waals surface area contributed by atoms with Gasteiger partial charge in [0.25, 0.3) is 0 Å². The predicted octanol–water partition coefficient (Wildman–Crippen LogP) is 3.79. The van der Waals surface area contributed by atoms with Crippen molar-refractivity contribution >= 4 is 0 Å². The second kappa shape index (κ2) is 3.78. The summed E-state index contributed by atoms with van der Waals surface area (Å²) in [6, 6.07) is 0. The highest BCUT2D eigenvalue weighted by atomic mass is 14.2. The van der Waals surface area contributed by atoms with Gasteiger partial charge in [-0.05, 0) is 42.7 Å². The van der Waals surface area contributed by atoms with Crippen LogP contribution < -0.4 is 0 Å². The third-order valence-corrected chi connectivity index (χ3v) is 2.88. The van der Waals surface area contributed by atoms with E-state index in [-0.39, 0.29) is 0 Å². The fourth-order valence-electron chi connectivity index (χ4n) is 2.20. The van der Waals surface area contributed by atoms with Gasteiger partial charge in [-0.3, -0.25) is 0 Å². The monoisotopic (exact) mass is 172 g/mol. The average molecular weight is 172 g/mol. The van der Waals surface area contributed by atoms with Gasteiger partial charge in [0.2, 0.25) is 0 Å². The van der Waals surface area contributed by atoms with Crippen molar-refractivity contribution in [2.45, 2.75) is 25.7 Å². The Balaban J connectivity index is 2.24. The van der Waals surface area contributed by atoms with Gasteiger partial charge in [-0.15, -0.1) is 6.58 Å². The third-order valence-electron chi connectivity index (χ3n) is 2.88. The lowest BCUT2D eigenvalue weighted by Crippen LogP contribution is -2.09. The molecule has 0 radical (unpaired) electrons. The summed E-state index contributed by atoms with van der Waals surface area (Å²) >= 11 is 0. The zero-order chi connectivity index (χ0) is 9.10. The minimum atomic E-state index is 0.703. The smallest absolute Gasteiger partial charge is 0.00902 e. The summed E-state index contributed by atoms with van der Waals surface area (Å²) in [6.45, 7) is 3.82. The Morgan fingerprint density at radius 1 is 1.38 bits per heavy atom. The summed E-state index contributed by atoms with van der Waals surface area (Å²) in [6.07, 6.45) is 16.0. The van der Waals surface area contributed by atoms with E-state index < -0.39 is 0 Å². The number of hydrogen-bond acceptors (Lipinski definition) is 0. The molecule has 0 saturated heterocycles. The summed E-state index contributed by atoms with van der Waals surface area (Å²) in [5.74, 6) is 0.703. The summed E-state index contributed by atoms with van der Waals surface area (Å²) in [4.78, 5) is 0. The van der Waals surface area contributed by atoms with E-state index in [0.29, 0.717) is 5.92 Å². The van der Waals surface area contributed by atoms with Crippen molar-refractivity contribution in [3.05, 3.63) is 48.1 Å². The molecule has 2 aliphatic rings. The lowest BCUT2D eigenvalue weighted by molar-refractivity contribution is 0.625. The first-order chi connectivity index (χ1) is 6.42. The molecule has 1 atom stereocenters. The zero-order valence-corrected chi connectivity index (χ0v) is 8.00. The lowest BCUT2D eigenvalue weighted by Gasteiger charge is -2.24. The molecule has 0 amide bonds. The second-order valence-corrected chi connectivity index (χ2v) is 3.78. The first-order valence-corrected chi connectivity index (χ1v) is 5.09. The Hall–Kier alpha value is -1.04. The maximum absolute atomic E-state index is 3.82. The molecule has 0 aliphatic heterocycles. The van der Waals surface area contributed by atoms with Crippen LogP contribution in [0.15, 0.2) is 48.1 Å². The molecule has 2 aliphatic carbocycles. The summed E-state index contributed by atoms with van der Waals surface area (Å²) < 4.78 is 0. The van der Waals surface area contributed by atoms with Crippen LogP contribution in [0.25, 0.3) is 0 Å². The van der Waals surface area contributed by atoms with Crippen molar-refractivity contribution in [1.29, 1.82) is 0 Å². The normalized spacial score (nSPS) is 26.0. The van der Waals surface area contributed by atoms with E-state index in [4.69, 9.17) is 0 Å². The van der Waals surface area contributed by atoms with E-state index in [1.165, 1.54) is 19.3 Å². The molecule has 0 N–H and O–H groups in total. The van der Waals surface area contributed by atoms with E-state index in [9.17, 15) is 0 Å². The van der Waals surface area contributed by atoms with Gasteiger partial charge in [0.05, 0.1) is 0 Å². The van der Waals surface area contributed by atoms with Crippen LogP contribution >= 0.6 is 0 Å². The van der Waals surface area contributed by atoms with Gasteiger partial charge in [0.1, 0.15) is 0 Å². The van der Waals surface area contributed by atoms with Gasteiger partial charge in [0, 0.05) is 0 Å². The SMILES string of the molecule is C=CCC1CC=CC2=C1C=CCC2. The van der Waals surface area contributed by atoms with Gasteiger partial charge in [-0.2, -0.15) is 0 Å². The van der Waals surface area contributed by atoms with Crippen molar-refractivity contribution < 1.29 is 0 Å². The quantitative estimate of drug-likeness (QED) is 0.556. The van der Waals surface area contributed by atoms with E-state index in [1.54, 1.807) is 11.1 Å². The minimum absolute atomic E-state index is 0.703. The average Bonchev–Trinajstić information content (AvgIpc) is 2.19. The number of allylic oxidation sites excluding steroid dienone is 7. The van der Waals surface area contributed by atoms with Crippen LogP contribution in [-0.2, 0) is 0 Å². The summed E-state index contributed by atoms with van der Waals surface area (Å²) in [5.41, 5.74) is 3.12. The fourth-order valence-corrected chi connectivity index (χ4v) is 2.20. The highest BCUT2D eigenvalue weighted by molar-refractivity contribution is 5.41. The van der Waals surface area contributed by atoms with Gasteiger partial charge in [-0.25, -0.2) is 0 Å². The Morgan fingerprint density at radius 3 is 3.15 bits per heavy atom. The van der Waals surface area contributed by atoms with Crippen molar-refractivity contribution in [2.75, 3.05) is 0 Å². The molecule has 0 spiro atoms. The van der Waals surface area contributed by atoms with E-state index in [2.05, 4.69) is 30.9 Å². The molecule has 0 nitrogen and oxygen atoms in total. The topological polar surface area (TPSA) is 0 Å². The number of rotatable bonds is 2. The number of hydrogen-bond donors (Lipinski definition) is 0. The first-order valence-electron chi connectivity index (χ1n) is 5.09. The molecule has 13 heavy (non-hydrogen) atoms. The third kappa shape index (κ3) is 1.67. The van der Waals surface area contributed by atoms with Gasteiger partial charge >= 0.3 is 0 Å². The van der Waals surface area contributed by atoms with Gasteiger partial charge < -0.3 is 0 Å². The van der Waals surface area contributed by atoms with E-state index in [1.807, 2.05) is 6.08 Å². The first kappa shape index (κ1) is 8.55. The Morgan fingerprint density at radius 2 is 2.31 bits per heavy atom. The van der Waals surface area contributed by atoms with Crippen LogP contribution in [0.2, 0.25) is 0 Å². The van der Waals surface area contributed by atoms with Gasteiger partial charge in [0.15, 0.2) is 0 Å². The summed E-state index contributed by atoms with van der Waals surface area (Å²) in [7, 11) is 0. The molecular formula is C13H16. The Kier molecular flexibility index (Phi) is 2.49. The van der Waals surface area contributed by atoms with E-state index in [0.717, 1.165) is 6.42 Å². The largest absolute Gasteiger partial charge is 0.103 e. The van der Waals surface area contributed by atoms with Gasteiger partial charge in [-0.1, -0.05) is 30.4 Å². The molecule has 2 rings (SSSR count). The van der Waals surface area contributed by atoms with Crippen LogP contribution in [-0.4, -0.2) is 0 Å². The molecule has 0 aromatic heterocycles. The Labute approximate surface area is 80.3 Å². The van der Waals surface area contributed by atoms with Crippen LogP contribution in [0.4, 0.5) is 0 Å². The molecule has 0 bridgehead atoms. The lowest BCUT2D eigenvalue weighted by atomic mass is 9.81. The molecule has 0 aromatic carbocycles. The highest BCUT2D eigenvalue weighted by Crippen LogP contribution is 2.33. The molecule has 1 unspecified atom stereocenters. The Bertz CT molecular complexity index is 287. The maximum atomic E-state index is 3.82. The predicted molar refractivity (Wildman–Crippen MR) is 57.5 cm³/mol. The zero-order valence-electron chi connectivity index (χ0n) is 8.00. The van der Waals surface area contributed by atoms with Crippen LogP contribution in [0.5, 0.6) is 0 Å². The molecule has 0 heterocycles. The fraction of sp³-hybridized carbons (Fsp3) is 0.385. The second-order valence-electron chi connectivity index (χ2n) is 3.78. The minimum Gasteiger partial charge on any atom is -0.103 e. The van der Waals surface area contributed by atoms with Crippen LogP contribution in [0.3, 0.4) is 0 Å². The summed E-state index contributed by atoms with van der Waals surface area (Å²) in [5, 5.41) is 0. The van der Waals surface area contributed by atoms with Crippen molar-refractivity contribution in [3.63, 3.8) is 0 Å². The van der Waals surface area contributed by atoms with Crippen molar-refractivity contribution in [3.8, 4) is 0 Å². The van der Waals surface area contributed by atoms with Crippen molar-refractivity contribution in [1.82, 2.24) is 0 Å². The molecule has 68 valence electrons. The van der Waals surface area contributed by atoms with Crippen molar-refractivity contribution in [2.24, 2.45) is 5.92 Å². The maximum Gasteiger partial charge on any atom is -0.00902 e. The molecule has 0 fully saturated rings. The molecule has 0 saturated carbocycles. The van der Waals surface area contributed by atoms with Crippen LogP contribution in [0, 0.1) is 5.92 Å². The van der Waals surface area contributed by atoms with Crippen LogP contribution in [0.1, 0.15) is 25.7 Å². The highest BCUT2D eigenvalue weighted by Gasteiger charge is 2.17. The molecular weight excluding hydrogens is 156 g/mol. The standard InChI is InChI=1S/C13H16/c1-2-6-11-8-5-9-12-7-3-4-10-13(11)12/h2,4-5,9-11H,1,3,6-8H2. The van der Waals surface area contributed by atoms with E-state index >= 15 is 0 Å².